The van der Waals surface area contributed by atoms with Crippen molar-refractivity contribution in [2.24, 2.45) is 0 Å². The molecule has 4 heterocycles. The maximum atomic E-state index is 11.8. The fourth-order valence-electron chi connectivity index (χ4n) is 4.81. The number of benzene rings is 1. The lowest BCUT2D eigenvalue weighted by molar-refractivity contribution is -0.117. The molecule has 1 unspecified atom stereocenters. The summed E-state index contributed by atoms with van der Waals surface area (Å²) in [6.45, 7) is 7.60. The van der Waals surface area contributed by atoms with Gasteiger partial charge in [0.1, 0.15) is 22.8 Å². The highest BCUT2D eigenvalue weighted by molar-refractivity contribution is 7.18. The van der Waals surface area contributed by atoms with Crippen molar-refractivity contribution in [3.05, 3.63) is 53.3 Å². The number of anilines is 1. The average molecular weight is 448 g/mol. The number of fused-ring (bicyclic) bond motifs is 2. The monoisotopic (exact) mass is 447 g/mol. The first kappa shape index (κ1) is 21.1. The molecular formula is C25H29N5OS. The summed E-state index contributed by atoms with van der Waals surface area (Å²) >= 11 is 1.77. The van der Waals surface area contributed by atoms with Crippen LogP contribution in [0.15, 0.2) is 42.9 Å². The Morgan fingerprint density at radius 1 is 1.16 bits per heavy atom. The van der Waals surface area contributed by atoms with E-state index in [1.165, 1.54) is 21.2 Å². The number of carbonyl (C=O) groups is 1. The van der Waals surface area contributed by atoms with E-state index in [0.717, 1.165) is 55.2 Å². The normalized spacial score (nSPS) is 16.1. The predicted octanol–water partition coefficient (Wildman–Crippen LogP) is 4.97. The summed E-state index contributed by atoms with van der Waals surface area (Å²) in [7, 11) is 0. The summed E-state index contributed by atoms with van der Waals surface area (Å²) in [5, 5.41) is 2.43. The summed E-state index contributed by atoms with van der Waals surface area (Å²) in [4.78, 5) is 31.7. The number of aryl methyl sites for hydroxylation is 1. The Bertz CT molecular complexity index is 1240. The molecule has 1 aromatic carbocycles. The Labute approximate surface area is 192 Å². The first-order valence-corrected chi connectivity index (χ1v) is 12.2. The van der Waals surface area contributed by atoms with Gasteiger partial charge in [-0.05, 0) is 37.5 Å². The number of rotatable bonds is 7. The molecule has 6 nitrogen and oxygen atoms in total. The molecule has 1 atom stereocenters. The van der Waals surface area contributed by atoms with Crippen molar-refractivity contribution in [1.82, 2.24) is 19.9 Å². The Balaban J connectivity index is 1.38. The minimum absolute atomic E-state index is 0.232. The number of hydrogen-bond acceptors (Lipinski definition) is 6. The lowest BCUT2D eigenvalue weighted by atomic mass is 9.97. The van der Waals surface area contributed by atoms with Gasteiger partial charge in [-0.15, -0.1) is 11.3 Å². The molecule has 1 saturated heterocycles. The van der Waals surface area contributed by atoms with E-state index in [2.05, 4.69) is 68.2 Å². The lowest BCUT2D eigenvalue weighted by Crippen LogP contribution is -2.48. The van der Waals surface area contributed by atoms with Crippen molar-refractivity contribution >= 4 is 44.1 Å². The maximum absolute atomic E-state index is 11.8. The van der Waals surface area contributed by atoms with Gasteiger partial charge in [-0.2, -0.15) is 0 Å². The molecule has 1 aliphatic heterocycles. The van der Waals surface area contributed by atoms with Crippen molar-refractivity contribution in [2.45, 2.75) is 39.2 Å². The second-order valence-electron chi connectivity index (χ2n) is 8.55. The van der Waals surface area contributed by atoms with Gasteiger partial charge in [0, 0.05) is 60.6 Å². The van der Waals surface area contributed by atoms with Crippen LogP contribution in [0.4, 0.5) is 5.82 Å². The van der Waals surface area contributed by atoms with Crippen LogP contribution in [0.25, 0.3) is 21.1 Å². The van der Waals surface area contributed by atoms with E-state index in [9.17, 15) is 4.79 Å². The van der Waals surface area contributed by atoms with Crippen molar-refractivity contribution in [2.75, 3.05) is 31.1 Å². The number of nitrogens with one attached hydrogen (secondary N) is 1. The molecule has 1 aliphatic rings. The Morgan fingerprint density at radius 3 is 2.75 bits per heavy atom. The summed E-state index contributed by atoms with van der Waals surface area (Å²) < 4.78 is 0. The van der Waals surface area contributed by atoms with Crippen LogP contribution in [0.2, 0.25) is 0 Å². The molecular weight excluding hydrogens is 418 g/mol. The number of hydrogen-bond donors (Lipinski definition) is 1. The minimum Gasteiger partial charge on any atom is -0.361 e. The van der Waals surface area contributed by atoms with Gasteiger partial charge >= 0.3 is 0 Å². The minimum atomic E-state index is 0.232. The molecule has 1 fully saturated rings. The summed E-state index contributed by atoms with van der Waals surface area (Å²) in [5.74, 6) is 1.30. The van der Waals surface area contributed by atoms with Gasteiger partial charge in [0.2, 0.25) is 0 Å². The third-order valence-electron chi connectivity index (χ3n) is 6.51. The summed E-state index contributed by atoms with van der Waals surface area (Å²) in [6, 6.07) is 10.9. The number of para-hydroxylation sites is 1. The fraction of sp³-hybridized carbons (Fsp3) is 0.400. The predicted molar refractivity (Wildman–Crippen MR) is 132 cm³/mol. The maximum Gasteiger partial charge on any atom is 0.140 e. The van der Waals surface area contributed by atoms with E-state index >= 15 is 0 Å². The average Bonchev–Trinajstić information content (AvgIpc) is 3.44. The zero-order valence-corrected chi connectivity index (χ0v) is 19.5. The van der Waals surface area contributed by atoms with E-state index in [1.807, 2.05) is 0 Å². The van der Waals surface area contributed by atoms with Gasteiger partial charge in [0.15, 0.2) is 0 Å². The van der Waals surface area contributed by atoms with Crippen molar-refractivity contribution in [3.63, 3.8) is 0 Å². The van der Waals surface area contributed by atoms with Crippen LogP contribution in [-0.4, -0.2) is 51.8 Å². The molecule has 0 spiro atoms. The number of H-pyrrole nitrogens is 1. The topological polar surface area (TPSA) is 65.1 Å². The first-order chi connectivity index (χ1) is 15.6. The molecule has 4 aromatic rings. The number of aromatic amines is 1. The number of nitrogens with zero attached hydrogens (tertiary/aromatic N) is 4. The quantitative estimate of drug-likeness (QED) is 0.433. The highest BCUT2D eigenvalue weighted by Gasteiger charge is 2.28. The van der Waals surface area contributed by atoms with Crippen LogP contribution in [0.5, 0.6) is 0 Å². The highest BCUT2D eigenvalue weighted by atomic mass is 32.1. The molecule has 0 bridgehead atoms. The van der Waals surface area contributed by atoms with Crippen molar-refractivity contribution < 1.29 is 4.79 Å². The van der Waals surface area contributed by atoms with Gasteiger partial charge in [0.25, 0.3) is 0 Å². The Hall–Kier alpha value is -2.77. The molecule has 32 heavy (non-hydrogen) atoms. The van der Waals surface area contributed by atoms with Crippen LogP contribution < -0.4 is 4.90 Å². The van der Waals surface area contributed by atoms with E-state index in [0.29, 0.717) is 6.42 Å². The Morgan fingerprint density at radius 2 is 1.97 bits per heavy atom. The molecule has 0 amide bonds. The van der Waals surface area contributed by atoms with Crippen LogP contribution in [0, 0.1) is 0 Å². The second-order valence-corrected chi connectivity index (χ2v) is 9.67. The molecule has 1 N–H and O–H groups in total. The summed E-state index contributed by atoms with van der Waals surface area (Å²) in [5.41, 5.74) is 2.45. The number of thiophene rings is 1. The molecule has 166 valence electrons. The highest BCUT2D eigenvalue weighted by Crippen LogP contribution is 2.35. The second kappa shape index (κ2) is 9.00. The van der Waals surface area contributed by atoms with Crippen molar-refractivity contribution in [1.29, 1.82) is 0 Å². The van der Waals surface area contributed by atoms with Gasteiger partial charge < -0.3 is 14.7 Å². The van der Waals surface area contributed by atoms with E-state index in [1.54, 1.807) is 24.6 Å². The lowest BCUT2D eigenvalue weighted by Gasteiger charge is -2.40. The molecule has 5 rings (SSSR count). The van der Waals surface area contributed by atoms with Crippen LogP contribution in [0.3, 0.4) is 0 Å². The molecule has 3 aromatic heterocycles. The fourth-order valence-corrected chi connectivity index (χ4v) is 5.74. The zero-order valence-electron chi connectivity index (χ0n) is 18.7. The third-order valence-corrected chi connectivity index (χ3v) is 7.70. The first-order valence-electron chi connectivity index (χ1n) is 11.4. The van der Waals surface area contributed by atoms with Gasteiger partial charge in [-0.1, -0.05) is 25.1 Å². The zero-order chi connectivity index (χ0) is 22.1. The number of carbonyl (C=O) groups excluding carboxylic acids is 1. The van der Waals surface area contributed by atoms with Crippen molar-refractivity contribution in [3.8, 4) is 0 Å². The van der Waals surface area contributed by atoms with E-state index in [-0.39, 0.29) is 11.8 Å². The number of ketones is 1. The van der Waals surface area contributed by atoms with Crippen LogP contribution in [0.1, 0.15) is 43.2 Å². The van der Waals surface area contributed by atoms with E-state index < -0.39 is 0 Å². The van der Waals surface area contributed by atoms with Gasteiger partial charge in [-0.25, -0.2) is 9.97 Å². The largest absolute Gasteiger partial charge is 0.361 e. The molecule has 7 heteroatoms. The third kappa shape index (κ3) is 4.02. The Kier molecular flexibility index (Phi) is 5.93. The van der Waals surface area contributed by atoms with Crippen LogP contribution >= 0.6 is 11.3 Å². The molecule has 0 saturated carbocycles. The van der Waals surface area contributed by atoms with Gasteiger partial charge in [0.05, 0.1) is 5.39 Å². The number of aromatic nitrogens is 3. The number of piperazine rings is 1. The standard InChI is InChI=1S/C25H29N5OS/c1-3-18-14-20-24(27-16-28-25(20)32-18)30-12-10-29(11-13-30)23(9-8-17(2)31)21-15-26-22-7-5-4-6-19(21)22/h4-7,14-16,23,26H,3,8-13H2,1-2H3. The van der Waals surface area contributed by atoms with E-state index in [4.69, 9.17) is 0 Å². The summed E-state index contributed by atoms with van der Waals surface area (Å²) in [6.07, 6.45) is 6.30. The number of Topliss-reactive ketones (excluding diaryl/α,β-unsaturated/α-hetero) is 1. The van der Waals surface area contributed by atoms with Crippen LogP contribution in [-0.2, 0) is 11.2 Å². The SMILES string of the molecule is CCc1cc2c(N3CCN(C(CCC(C)=O)c4c[nH]c5ccccc45)CC3)ncnc2s1. The smallest absolute Gasteiger partial charge is 0.140 e. The van der Waals surface area contributed by atoms with Gasteiger partial charge in [-0.3, -0.25) is 4.90 Å². The molecule has 0 aliphatic carbocycles. The molecule has 0 radical (unpaired) electrons.